The molecule has 0 N–H and O–H groups in total. The van der Waals surface area contributed by atoms with Gasteiger partial charge in [0, 0.05) is 19.7 Å². The molecule has 104 valence electrons. The highest BCUT2D eigenvalue weighted by Gasteiger charge is 2.07. The Kier molecular flexibility index (Phi) is 5.48. The number of allylic oxidation sites excluding steroid dienone is 1. The summed E-state index contributed by atoms with van der Waals surface area (Å²) in [5, 5.41) is 0. The summed E-state index contributed by atoms with van der Waals surface area (Å²) in [6.07, 6.45) is 1.55. The molecule has 3 nitrogen and oxygen atoms in total. The molecule has 1 amide bonds. The van der Waals surface area contributed by atoms with E-state index in [1.54, 1.807) is 30.2 Å². The van der Waals surface area contributed by atoms with Crippen molar-refractivity contribution < 1.29 is 18.3 Å². The molecule has 0 aliphatic carbocycles. The maximum Gasteiger partial charge on any atom is 0.387 e. The van der Waals surface area contributed by atoms with Crippen molar-refractivity contribution in [1.29, 1.82) is 0 Å². The van der Waals surface area contributed by atoms with Crippen LogP contribution >= 0.6 is 0 Å². The summed E-state index contributed by atoms with van der Waals surface area (Å²) < 4.78 is 28.2. The molecule has 0 saturated carbocycles. The van der Waals surface area contributed by atoms with Crippen molar-refractivity contribution in [3.05, 3.63) is 41.5 Å². The first-order valence-electron chi connectivity index (χ1n) is 5.82. The van der Waals surface area contributed by atoms with Crippen molar-refractivity contribution in [3.8, 4) is 5.75 Å². The van der Waals surface area contributed by atoms with E-state index in [2.05, 4.69) is 4.74 Å². The lowest BCUT2D eigenvalue weighted by Crippen LogP contribution is -2.24. The molecule has 1 aromatic rings. The van der Waals surface area contributed by atoms with Gasteiger partial charge in [0.2, 0.25) is 5.91 Å². The molecule has 0 fully saturated rings. The first-order chi connectivity index (χ1) is 8.88. The molecule has 5 heteroatoms. The minimum atomic E-state index is -2.83. The Balaban J connectivity index is 2.62. The fraction of sp³-hybridized carbons (Fsp3) is 0.357. The van der Waals surface area contributed by atoms with Crippen LogP contribution in [0.2, 0.25) is 0 Å². The van der Waals surface area contributed by atoms with Gasteiger partial charge in [0.1, 0.15) is 5.75 Å². The van der Waals surface area contributed by atoms with Gasteiger partial charge in [-0.25, -0.2) is 0 Å². The van der Waals surface area contributed by atoms with Crippen LogP contribution in [0.25, 0.3) is 0 Å². The number of ether oxygens (including phenoxy) is 1. The van der Waals surface area contributed by atoms with Gasteiger partial charge in [-0.05, 0) is 31.5 Å². The second-order valence-electron chi connectivity index (χ2n) is 4.44. The third-order valence-corrected chi connectivity index (χ3v) is 2.36. The van der Waals surface area contributed by atoms with Crippen LogP contribution in [0.4, 0.5) is 8.78 Å². The van der Waals surface area contributed by atoms with Crippen LogP contribution in [0.3, 0.4) is 0 Å². The summed E-state index contributed by atoms with van der Waals surface area (Å²) in [5.41, 5.74) is 1.78. The van der Waals surface area contributed by atoms with Crippen LogP contribution in [0, 0.1) is 0 Å². The fourth-order valence-corrected chi connectivity index (χ4v) is 1.49. The Morgan fingerprint density at radius 1 is 1.32 bits per heavy atom. The molecule has 0 radical (unpaired) electrons. The summed E-state index contributed by atoms with van der Waals surface area (Å²) in [6.45, 7) is 1.29. The molecular formula is C14H17F2NO2. The molecule has 0 unspecified atom stereocenters. The SMILES string of the molecule is CC(C)=CC(=O)N(C)Cc1ccc(OC(F)F)cc1. The van der Waals surface area contributed by atoms with Gasteiger partial charge < -0.3 is 9.64 Å². The molecule has 1 aromatic carbocycles. The van der Waals surface area contributed by atoms with Gasteiger partial charge in [0.15, 0.2) is 0 Å². The predicted molar refractivity (Wildman–Crippen MR) is 69.0 cm³/mol. The topological polar surface area (TPSA) is 29.5 Å². The molecule has 19 heavy (non-hydrogen) atoms. The molecule has 0 heterocycles. The van der Waals surface area contributed by atoms with Crippen molar-refractivity contribution in [1.82, 2.24) is 4.90 Å². The number of carbonyl (C=O) groups is 1. The number of halogens is 2. The highest BCUT2D eigenvalue weighted by molar-refractivity contribution is 5.87. The van der Waals surface area contributed by atoms with Crippen LogP contribution in [0.5, 0.6) is 5.75 Å². The standard InChI is InChI=1S/C14H17F2NO2/c1-10(2)8-13(18)17(3)9-11-4-6-12(7-5-11)19-14(15)16/h4-8,14H,9H2,1-3H3. The summed E-state index contributed by atoms with van der Waals surface area (Å²) in [5.74, 6) is 0.0185. The highest BCUT2D eigenvalue weighted by atomic mass is 19.3. The third kappa shape index (κ3) is 5.50. The number of likely N-dealkylation sites (N-methyl/N-ethyl adjacent to an activating group) is 1. The van der Waals surface area contributed by atoms with Crippen molar-refractivity contribution in [3.63, 3.8) is 0 Å². The maximum absolute atomic E-state index is 12.0. The second-order valence-corrected chi connectivity index (χ2v) is 4.44. The van der Waals surface area contributed by atoms with Crippen LogP contribution in [0.15, 0.2) is 35.9 Å². The smallest absolute Gasteiger partial charge is 0.387 e. The number of benzene rings is 1. The van der Waals surface area contributed by atoms with Crippen LogP contribution in [-0.4, -0.2) is 24.5 Å². The van der Waals surface area contributed by atoms with E-state index in [1.165, 1.54) is 12.1 Å². The lowest BCUT2D eigenvalue weighted by Gasteiger charge is -2.15. The summed E-state index contributed by atoms with van der Waals surface area (Å²) in [6, 6.07) is 6.23. The van der Waals surface area contributed by atoms with Crippen LogP contribution < -0.4 is 4.74 Å². The maximum atomic E-state index is 12.0. The monoisotopic (exact) mass is 269 g/mol. The van der Waals surface area contributed by atoms with Crippen molar-refractivity contribution in [2.24, 2.45) is 0 Å². The fourth-order valence-electron chi connectivity index (χ4n) is 1.49. The minimum absolute atomic E-state index is 0.0899. The van der Waals surface area contributed by atoms with Gasteiger partial charge in [-0.15, -0.1) is 0 Å². The Morgan fingerprint density at radius 3 is 2.37 bits per heavy atom. The molecule has 1 rings (SSSR count). The number of alkyl halides is 2. The van der Waals surface area contributed by atoms with Crippen molar-refractivity contribution >= 4 is 5.91 Å². The first-order valence-corrected chi connectivity index (χ1v) is 5.82. The molecule has 0 aliphatic rings. The molecule has 0 bridgehead atoms. The quantitative estimate of drug-likeness (QED) is 0.768. The normalized spacial score (nSPS) is 10.2. The summed E-state index contributed by atoms with van der Waals surface area (Å²) in [4.78, 5) is 13.2. The van der Waals surface area contributed by atoms with Gasteiger partial charge >= 0.3 is 6.61 Å². The zero-order valence-corrected chi connectivity index (χ0v) is 11.2. The van der Waals surface area contributed by atoms with E-state index < -0.39 is 6.61 Å². The van der Waals surface area contributed by atoms with E-state index in [0.717, 1.165) is 11.1 Å². The average molecular weight is 269 g/mol. The number of nitrogens with zero attached hydrogens (tertiary/aromatic N) is 1. The van der Waals surface area contributed by atoms with E-state index >= 15 is 0 Å². The van der Waals surface area contributed by atoms with E-state index in [0.29, 0.717) is 6.54 Å². The number of amides is 1. The van der Waals surface area contributed by atoms with Crippen LogP contribution in [-0.2, 0) is 11.3 Å². The van der Waals surface area contributed by atoms with Crippen molar-refractivity contribution in [2.45, 2.75) is 27.0 Å². The summed E-state index contributed by atoms with van der Waals surface area (Å²) in [7, 11) is 1.69. The molecule has 0 saturated heterocycles. The number of carbonyl (C=O) groups excluding carboxylic acids is 1. The van der Waals surface area contributed by atoms with Gasteiger partial charge in [0.25, 0.3) is 0 Å². The van der Waals surface area contributed by atoms with E-state index in [1.807, 2.05) is 13.8 Å². The van der Waals surface area contributed by atoms with Gasteiger partial charge in [-0.3, -0.25) is 4.79 Å². The molecule has 0 aliphatic heterocycles. The molecule has 0 aromatic heterocycles. The third-order valence-electron chi connectivity index (χ3n) is 2.36. The Labute approximate surface area is 111 Å². The Bertz CT molecular complexity index is 451. The zero-order chi connectivity index (χ0) is 14.4. The summed E-state index contributed by atoms with van der Waals surface area (Å²) >= 11 is 0. The van der Waals surface area contributed by atoms with E-state index in [4.69, 9.17) is 0 Å². The van der Waals surface area contributed by atoms with Gasteiger partial charge in [-0.2, -0.15) is 8.78 Å². The predicted octanol–water partition coefficient (Wildman–Crippen LogP) is 3.21. The molecule has 0 atom stereocenters. The minimum Gasteiger partial charge on any atom is -0.435 e. The van der Waals surface area contributed by atoms with Crippen LogP contribution in [0.1, 0.15) is 19.4 Å². The number of hydrogen-bond donors (Lipinski definition) is 0. The van der Waals surface area contributed by atoms with E-state index in [9.17, 15) is 13.6 Å². The zero-order valence-electron chi connectivity index (χ0n) is 11.2. The van der Waals surface area contributed by atoms with E-state index in [-0.39, 0.29) is 11.7 Å². The van der Waals surface area contributed by atoms with Gasteiger partial charge in [-0.1, -0.05) is 17.7 Å². The first kappa shape index (κ1) is 15.1. The van der Waals surface area contributed by atoms with Gasteiger partial charge in [0.05, 0.1) is 0 Å². The Morgan fingerprint density at radius 2 is 1.89 bits per heavy atom. The molecular weight excluding hydrogens is 252 g/mol. The largest absolute Gasteiger partial charge is 0.435 e. The number of rotatable bonds is 5. The second kappa shape index (κ2) is 6.87. The highest BCUT2D eigenvalue weighted by Crippen LogP contribution is 2.15. The average Bonchev–Trinajstić information content (AvgIpc) is 2.30. The number of hydrogen-bond acceptors (Lipinski definition) is 2. The lowest BCUT2D eigenvalue weighted by molar-refractivity contribution is -0.125. The Hall–Kier alpha value is -1.91. The van der Waals surface area contributed by atoms with Crippen molar-refractivity contribution in [2.75, 3.05) is 7.05 Å². The molecule has 0 spiro atoms. The lowest BCUT2D eigenvalue weighted by atomic mass is 10.2.